The molecule has 1 N–H and O–H groups in total. The first-order valence-corrected chi connectivity index (χ1v) is 8.49. The molecule has 1 aromatic heterocycles. The van der Waals surface area contributed by atoms with E-state index < -0.39 is 21.2 Å². The number of hydrogen-bond donors (Lipinski definition) is 1. The van der Waals surface area contributed by atoms with Gasteiger partial charge in [-0.1, -0.05) is 12.1 Å². The third-order valence-corrected chi connectivity index (χ3v) is 4.28. The van der Waals surface area contributed by atoms with E-state index in [1.165, 1.54) is 23.9 Å². The van der Waals surface area contributed by atoms with Crippen molar-refractivity contribution >= 4 is 22.4 Å². The number of carbonyl (C=O) groups excluding carboxylic acids is 2. The molecule has 2 rings (SSSR count). The Hall–Kier alpha value is -2.55. The SMILES string of the molecule is CNC(=O)CCC(C=O)n1ccc(-c2cccc(S(=O)(=O)F)c2)n1. The number of nitrogens with one attached hydrogen (secondary N) is 1. The van der Waals surface area contributed by atoms with Crippen molar-refractivity contribution in [2.45, 2.75) is 23.8 Å². The number of aromatic nitrogens is 2. The average molecular weight is 353 g/mol. The predicted octanol–water partition coefficient (Wildman–Crippen LogP) is 1.47. The summed E-state index contributed by atoms with van der Waals surface area (Å²) < 4.78 is 36.4. The minimum absolute atomic E-state index is 0.171. The number of aldehydes is 1. The molecule has 128 valence electrons. The maximum Gasteiger partial charge on any atom is 0.332 e. The van der Waals surface area contributed by atoms with Crippen LogP contribution in [0.3, 0.4) is 0 Å². The van der Waals surface area contributed by atoms with E-state index in [0.717, 1.165) is 6.07 Å². The molecule has 24 heavy (non-hydrogen) atoms. The molecule has 0 aliphatic carbocycles. The van der Waals surface area contributed by atoms with Crippen molar-refractivity contribution in [2.24, 2.45) is 0 Å². The molecule has 9 heteroatoms. The van der Waals surface area contributed by atoms with Gasteiger partial charge in [0.25, 0.3) is 0 Å². The summed E-state index contributed by atoms with van der Waals surface area (Å²) >= 11 is 0. The highest BCUT2D eigenvalue weighted by atomic mass is 32.3. The van der Waals surface area contributed by atoms with Gasteiger partial charge in [0, 0.05) is 25.2 Å². The van der Waals surface area contributed by atoms with Crippen molar-refractivity contribution in [3.8, 4) is 11.3 Å². The highest BCUT2D eigenvalue weighted by Crippen LogP contribution is 2.23. The summed E-state index contributed by atoms with van der Waals surface area (Å²) in [6.45, 7) is 0. The number of hydrogen-bond acceptors (Lipinski definition) is 5. The van der Waals surface area contributed by atoms with Crippen molar-refractivity contribution in [2.75, 3.05) is 7.05 Å². The van der Waals surface area contributed by atoms with Gasteiger partial charge in [-0.3, -0.25) is 9.48 Å². The molecule has 0 aliphatic heterocycles. The Bertz CT molecular complexity index is 848. The smallest absolute Gasteiger partial charge is 0.332 e. The topological polar surface area (TPSA) is 98.1 Å². The van der Waals surface area contributed by atoms with Gasteiger partial charge >= 0.3 is 10.2 Å². The standard InChI is InChI=1S/C15H16FN3O4S/c1-17-15(21)6-5-12(10-20)19-8-7-14(18-19)11-3-2-4-13(9-11)24(16,22)23/h2-4,7-10,12H,5-6H2,1H3,(H,17,21). The molecule has 0 aliphatic rings. The monoisotopic (exact) mass is 353 g/mol. The molecule has 0 saturated heterocycles. The van der Waals surface area contributed by atoms with Crippen molar-refractivity contribution in [1.29, 1.82) is 0 Å². The summed E-state index contributed by atoms with van der Waals surface area (Å²) in [6, 6.07) is 6.27. The van der Waals surface area contributed by atoms with Gasteiger partial charge in [0.1, 0.15) is 12.3 Å². The molecular formula is C15H16FN3O4S. The first-order valence-electron chi connectivity index (χ1n) is 7.11. The van der Waals surface area contributed by atoms with Crippen LogP contribution in [0.15, 0.2) is 41.4 Å². The van der Waals surface area contributed by atoms with Gasteiger partial charge in [-0.25, -0.2) is 0 Å². The summed E-state index contributed by atoms with van der Waals surface area (Å²) in [5.41, 5.74) is 0.802. The second kappa shape index (κ2) is 7.35. The summed E-state index contributed by atoms with van der Waals surface area (Å²) in [4.78, 5) is 22.0. The number of nitrogens with zero attached hydrogens (tertiary/aromatic N) is 2. The molecule has 1 heterocycles. The van der Waals surface area contributed by atoms with Gasteiger partial charge in [0.05, 0.1) is 10.6 Å². The van der Waals surface area contributed by atoms with Crippen molar-refractivity contribution in [3.63, 3.8) is 0 Å². The Morgan fingerprint density at radius 2 is 2.17 bits per heavy atom. The molecular weight excluding hydrogens is 337 g/mol. The quantitative estimate of drug-likeness (QED) is 0.600. The predicted molar refractivity (Wildman–Crippen MR) is 84.4 cm³/mol. The lowest BCUT2D eigenvalue weighted by molar-refractivity contribution is -0.121. The Morgan fingerprint density at radius 3 is 2.79 bits per heavy atom. The van der Waals surface area contributed by atoms with Crippen LogP contribution in [0.2, 0.25) is 0 Å². The second-order valence-corrected chi connectivity index (χ2v) is 6.41. The number of carbonyl (C=O) groups is 2. The molecule has 0 radical (unpaired) electrons. The molecule has 7 nitrogen and oxygen atoms in total. The minimum Gasteiger partial charge on any atom is -0.359 e. The lowest BCUT2D eigenvalue weighted by Gasteiger charge is -2.10. The van der Waals surface area contributed by atoms with Crippen LogP contribution >= 0.6 is 0 Å². The molecule has 0 spiro atoms. The number of halogens is 1. The fourth-order valence-electron chi connectivity index (χ4n) is 2.15. The summed E-state index contributed by atoms with van der Waals surface area (Å²) in [6.07, 6.45) is 2.69. The van der Waals surface area contributed by atoms with Gasteiger partial charge < -0.3 is 10.1 Å². The Balaban J connectivity index is 2.23. The first-order chi connectivity index (χ1) is 11.3. The summed E-state index contributed by atoms with van der Waals surface area (Å²) in [5, 5.41) is 6.69. The third-order valence-electron chi connectivity index (χ3n) is 3.46. The number of amides is 1. The van der Waals surface area contributed by atoms with Gasteiger partial charge in [-0.15, -0.1) is 3.89 Å². The van der Waals surface area contributed by atoms with Crippen LogP contribution in [0.4, 0.5) is 3.89 Å². The van der Waals surface area contributed by atoms with Gasteiger partial charge in [-0.2, -0.15) is 13.5 Å². The molecule has 0 bridgehead atoms. The minimum atomic E-state index is -4.80. The zero-order valence-electron chi connectivity index (χ0n) is 12.8. The van der Waals surface area contributed by atoms with E-state index >= 15 is 0 Å². The van der Waals surface area contributed by atoms with Crippen LogP contribution in [0.5, 0.6) is 0 Å². The van der Waals surface area contributed by atoms with E-state index in [9.17, 15) is 21.9 Å². The zero-order valence-corrected chi connectivity index (χ0v) is 13.7. The molecule has 1 unspecified atom stereocenters. The Morgan fingerprint density at radius 1 is 1.42 bits per heavy atom. The molecule has 1 aromatic carbocycles. The molecule has 1 amide bonds. The molecule has 0 fully saturated rings. The highest BCUT2D eigenvalue weighted by Gasteiger charge is 2.16. The van der Waals surface area contributed by atoms with E-state index in [-0.39, 0.29) is 18.7 Å². The Kier molecular flexibility index (Phi) is 5.45. The highest BCUT2D eigenvalue weighted by molar-refractivity contribution is 7.86. The van der Waals surface area contributed by atoms with E-state index in [1.54, 1.807) is 18.3 Å². The second-order valence-electron chi connectivity index (χ2n) is 5.06. The maximum atomic E-state index is 13.1. The lowest BCUT2D eigenvalue weighted by atomic mass is 10.2. The van der Waals surface area contributed by atoms with Crippen LogP contribution in [0.25, 0.3) is 11.3 Å². The van der Waals surface area contributed by atoms with Crippen LogP contribution in [0, 0.1) is 0 Å². The molecule has 0 saturated carbocycles. The lowest BCUT2D eigenvalue weighted by Crippen LogP contribution is -2.20. The summed E-state index contributed by atoms with van der Waals surface area (Å²) in [5.74, 6) is -0.185. The molecule has 2 aromatic rings. The Labute approximate surface area is 138 Å². The van der Waals surface area contributed by atoms with Crippen LogP contribution in [-0.4, -0.2) is 37.4 Å². The van der Waals surface area contributed by atoms with E-state index in [1.807, 2.05) is 0 Å². The normalized spacial score (nSPS) is 12.6. The van der Waals surface area contributed by atoms with Gasteiger partial charge in [0.2, 0.25) is 5.91 Å². The zero-order chi connectivity index (χ0) is 17.7. The largest absolute Gasteiger partial charge is 0.359 e. The van der Waals surface area contributed by atoms with Crippen molar-refractivity contribution in [1.82, 2.24) is 15.1 Å². The fraction of sp³-hybridized carbons (Fsp3) is 0.267. The average Bonchev–Trinajstić information content (AvgIpc) is 3.04. The fourth-order valence-corrected chi connectivity index (χ4v) is 2.66. The first kappa shape index (κ1) is 17.8. The molecule has 1 atom stereocenters. The van der Waals surface area contributed by atoms with Gasteiger partial charge in [-0.05, 0) is 24.6 Å². The summed E-state index contributed by atoms with van der Waals surface area (Å²) in [7, 11) is -3.29. The van der Waals surface area contributed by atoms with E-state index in [2.05, 4.69) is 10.4 Å². The maximum absolute atomic E-state index is 13.1. The number of rotatable bonds is 7. The van der Waals surface area contributed by atoms with E-state index in [4.69, 9.17) is 0 Å². The third kappa shape index (κ3) is 4.25. The van der Waals surface area contributed by atoms with Crippen LogP contribution in [0.1, 0.15) is 18.9 Å². The van der Waals surface area contributed by atoms with Crippen molar-refractivity contribution < 1.29 is 21.9 Å². The van der Waals surface area contributed by atoms with Crippen LogP contribution < -0.4 is 5.32 Å². The van der Waals surface area contributed by atoms with Gasteiger partial charge in [0.15, 0.2) is 0 Å². The van der Waals surface area contributed by atoms with Crippen molar-refractivity contribution in [3.05, 3.63) is 36.5 Å². The number of benzene rings is 1. The van der Waals surface area contributed by atoms with Crippen LogP contribution in [-0.2, 0) is 19.8 Å². The van der Waals surface area contributed by atoms with E-state index in [0.29, 0.717) is 17.5 Å².